The molecule has 0 saturated carbocycles. The Hall–Kier alpha value is -1.42. The Labute approximate surface area is 107 Å². The fourth-order valence-corrected chi connectivity index (χ4v) is 2.42. The lowest BCUT2D eigenvalue weighted by molar-refractivity contribution is 0.0912. The molecule has 0 radical (unpaired) electrons. The first-order valence-electron chi connectivity index (χ1n) is 6.31. The van der Waals surface area contributed by atoms with E-state index in [9.17, 15) is 9.18 Å². The van der Waals surface area contributed by atoms with E-state index in [2.05, 4.69) is 10.2 Å². The summed E-state index contributed by atoms with van der Waals surface area (Å²) in [4.78, 5) is 14.2. The van der Waals surface area contributed by atoms with Crippen molar-refractivity contribution in [2.45, 2.75) is 25.8 Å². The lowest BCUT2D eigenvalue weighted by Crippen LogP contribution is -2.46. The van der Waals surface area contributed by atoms with Crippen LogP contribution in [-0.4, -0.2) is 37.0 Å². The Kier molecular flexibility index (Phi) is 3.97. The van der Waals surface area contributed by atoms with Crippen molar-refractivity contribution in [2.75, 3.05) is 20.1 Å². The number of rotatable bonds is 2. The van der Waals surface area contributed by atoms with E-state index in [-0.39, 0.29) is 17.8 Å². The van der Waals surface area contributed by atoms with Crippen LogP contribution < -0.4 is 5.32 Å². The molecule has 1 aromatic rings. The first-order chi connectivity index (χ1) is 8.54. The predicted molar refractivity (Wildman–Crippen MR) is 69.1 cm³/mol. The van der Waals surface area contributed by atoms with Crippen molar-refractivity contribution in [1.29, 1.82) is 0 Å². The van der Waals surface area contributed by atoms with Gasteiger partial charge in [-0.3, -0.25) is 4.79 Å². The normalized spacial score (nSPS) is 20.7. The zero-order valence-corrected chi connectivity index (χ0v) is 10.9. The quantitative estimate of drug-likeness (QED) is 0.870. The van der Waals surface area contributed by atoms with Crippen LogP contribution >= 0.6 is 0 Å². The molecule has 0 aliphatic carbocycles. The molecule has 98 valence electrons. The number of benzene rings is 1. The topological polar surface area (TPSA) is 32.3 Å². The number of amides is 1. The lowest BCUT2D eigenvalue weighted by atomic mass is 10.1. The third-order valence-corrected chi connectivity index (χ3v) is 3.26. The number of hydrogen-bond acceptors (Lipinski definition) is 2. The molecule has 0 aromatic heterocycles. The van der Waals surface area contributed by atoms with Crippen molar-refractivity contribution < 1.29 is 9.18 Å². The number of halogens is 1. The van der Waals surface area contributed by atoms with Gasteiger partial charge in [-0.1, -0.05) is 0 Å². The van der Waals surface area contributed by atoms with Crippen LogP contribution in [0.5, 0.6) is 0 Å². The molecule has 1 fully saturated rings. The van der Waals surface area contributed by atoms with Crippen molar-refractivity contribution in [3.8, 4) is 0 Å². The summed E-state index contributed by atoms with van der Waals surface area (Å²) in [5.74, 6) is -0.543. The molecule has 2 rings (SSSR count). The number of nitrogens with zero attached hydrogens (tertiary/aromatic N) is 1. The Balaban J connectivity index is 2.02. The first-order valence-corrected chi connectivity index (χ1v) is 6.31. The zero-order valence-electron chi connectivity index (χ0n) is 10.9. The highest BCUT2D eigenvalue weighted by Gasteiger charge is 2.19. The summed E-state index contributed by atoms with van der Waals surface area (Å²) < 4.78 is 13.2. The minimum atomic E-state index is -0.360. The van der Waals surface area contributed by atoms with E-state index in [1.807, 2.05) is 7.05 Å². The third kappa shape index (κ3) is 3.29. The van der Waals surface area contributed by atoms with Gasteiger partial charge in [-0.05, 0) is 57.1 Å². The summed E-state index contributed by atoms with van der Waals surface area (Å²) >= 11 is 0. The molecule has 1 aliphatic rings. The summed E-state index contributed by atoms with van der Waals surface area (Å²) in [6.07, 6.45) is 2.08. The maximum atomic E-state index is 13.2. The second-order valence-electron chi connectivity index (χ2n) is 5.09. The lowest BCUT2D eigenvalue weighted by Gasteiger charge is -2.30. The van der Waals surface area contributed by atoms with Crippen LogP contribution in [0.1, 0.15) is 28.8 Å². The summed E-state index contributed by atoms with van der Waals surface area (Å²) in [6.45, 7) is 3.72. The number of hydrogen-bond donors (Lipinski definition) is 1. The van der Waals surface area contributed by atoms with Gasteiger partial charge in [0.15, 0.2) is 0 Å². The largest absolute Gasteiger partial charge is 0.348 e. The summed E-state index contributed by atoms with van der Waals surface area (Å²) in [6, 6.07) is 4.59. The molecule has 1 heterocycles. The van der Waals surface area contributed by atoms with Gasteiger partial charge < -0.3 is 10.2 Å². The van der Waals surface area contributed by atoms with Crippen LogP contribution in [0.25, 0.3) is 0 Å². The van der Waals surface area contributed by atoms with Gasteiger partial charge in [0.25, 0.3) is 5.91 Å². The van der Waals surface area contributed by atoms with E-state index in [0.717, 1.165) is 31.5 Å². The van der Waals surface area contributed by atoms with Gasteiger partial charge in [-0.25, -0.2) is 4.39 Å². The number of piperidine rings is 1. The van der Waals surface area contributed by atoms with Crippen molar-refractivity contribution in [3.63, 3.8) is 0 Å². The van der Waals surface area contributed by atoms with Crippen molar-refractivity contribution in [3.05, 3.63) is 35.1 Å². The van der Waals surface area contributed by atoms with Crippen molar-refractivity contribution >= 4 is 5.91 Å². The third-order valence-electron chi connectivity index (χ3n) is 3.26. The van der Waals surface area contributed by atoms with Gasteiger partial charge in [0, 0.05) is 18.2 Å². The van der Waals surface area contributed by atoms with Crippen LogP contribution in [0.4, 0.5) is 4.39 Å². The maximum Gasteiger partial charge on any atom is 0.251 e. The van der Waals surface area contributed by atoms with Gasteiger partial charge in [-0.2, -0.15) is 0 Å². The van der Waals surface area contributed by atoms with Gasteiger partial charge in [-0.15, -0.1) is 0 Å². The molecule has 1 aliphatic heterocycles. The van der Waals surface area contributed by atoms with Crippen molar-refractivity contribution in [1.82, 2.24) is 10.2 Å². The molecular weight excluding hydrogens is 231 g/mol. The summed E-state index contributed by atoms with van der Waals surface area (Å²) in [5, 5.41) is 2.97. The number of nitrogens with one attached hydrogen (secondary N) is 1. The van der Waals surface area contributed by atoms with Gasteiger partial charge in [0.05, 0.1) is 0 Å². The Morgan fingerprint density at radius 1 is 1.44 bits per heavy atom. The molecule has 1 aromatic carbocycles. The molecule has 1 amide bonds. The van der Waals surface area contributed by atoms with E-state index in [1.54, 1.807) is 13.0 Å². The van der Waals surface area contributed by atoms with Gasteiger partial charge in [0.2, 0.25) is 0 Å². The Bertz CT molecular complexity index is 427. The predicted octanol–water partition coefficient (Wildman–Crippen LogP) is 1.96. The second-order valence-corrected chi connectivity index (χ2v) is 5.09. The van der Waals surface area contributed by atoms with Crippen LogP contribution in [0.15, 0.2) is 18.2 Å². The van der Waals surface area contributed by atoms with E-state index < -0.39 is 0 Å². The molecule has 1 unspecified atom stereocenters. The molecule has 0 bridgehead atoms. The van der Waals surface area contributed by atoms with Crippen molar-refractivity contribution in [2.24, 2.45) is 0 Å². The fraction of sp³-hybridized carbons (Fsp3) is 0.500. The molecule has 1 saturated heterocycles. The molecule has 1 N–H and O–H groups in total. The van der Waals surface area contributed by atoms with Crippen LogP contribution in [-0.2, 0) is 0 Å². The number of likely N-dealkylation sites (N-methyl/N-ethyl adjacent to an activating group) is 1. The molecule has 0 spiro atoms. The van der Waals surface area contributed by atoms with Crippen LogP contribution in [0, 0.1) is 12.7 Å². The summed E-state index contributed by atoms with van der Waals surface area (Å²) in [5.41, 5.74) is 1.17. The monoisotopic (exact) mass is 250 g/mol. The average molecular weight is 250 g/mol. The van der Waals surface area contributed by atoms with Gasteiger partial charge in [0.1, 0.15) is 5.82 Å². The first kappa shape index (κ1) is 13.0. The molecule has 4 heteroatoms. The van der Waals surface area contributed by atoms with E-state index in [4.69, 9.17) is 0 Å². The second kappa shape index (κ2) is 5.48. The molecule has 3 nitrogen and oxygen atoms in total. The highest BCUT2D eigenvalue weighted by atomic mass is 19.1. The summed E-state index contributed by atoms with van der Waals surface area (Å²) in [7, 11) is 2.05. The van der Waals surface area contributed by atoms with E-state index >= 15 is 0 Å². The standard InChI is InChI=1S/C14H19FN2O/c1-10-6-11(8-12(15)7-10)14(18)16-13-4-3-5-17(2)9-13/h6-8,13H,3-5,9H2,1-2H3,(H,16,18). The van der Waals surface area contributed by atoms with Crippen LogP contribution in [0.3, 0.4) is 0 Å². The minimum Gasteiger partial charge on any atom is -0.348 e. The number of likely N-dealkylation sites (tertiary alicyclic amines) is 1. The highest BCUT2D eigenvalue weighted by Crippen LogP contribution is 2.11. The molecular formula is C14H19FN2O. The zero-order chi connectivity index (χ0) is 13.1. The average Bonchev–Trinajstić information content (AvgIpc) is 2.27. The maximum absolute atomic E-state index is 13.2. The number of carbonyl (C=O) groups is 1. The van der Waals surface area contributed by atoms with E-state index in [1.165, 1.54) is 12.1 Å². The SMILES string of the molecule is Cc1cc(F)cc(C(=O)NC2CCCN(C)C2)c1. The minimum absolute atomic E-state index is 0.167. The van der Waals surface area contributed by atoms with E-state index in [0.29, 0.717) is 5.56 Å². The molecule has 18 heavy (non-hydrogen) atoms. The Morgan fingerprint density at radius 3 is 2.89 bits per heavy atom. The Morgan fingerprint density at radius 2 is 2.22 bits per heavy atom. The number of aryl methyl sites for hydroxylation is 1. The van der Waals surface area contributed by atoms with Gasteiger partial charge >= 0.3 is 0 Å². The van der Waals surface area contributed by atoms with Crippen LogP contribution in [0.2, 0.25) is 0 Å². The smallest absolute Gasteiger partial charge is 0.251 e. The fourth-order valence-electron chi connectivity index (χ4n) is 2.42. The molecule has 1 atom stereocenters. The highest BCUT2D eigenvalue weighted by molar-refractivity contribution is 5.94. The number of carbonyl (C=O) groups excluding carboxylic acids is 1.